The summed E-state index contributed by atoms with van der Waals surface area (Å²) in [6.07, 6.45) is 2.00. The number of nitrogens with one attached hydrogen (secondary N) is 2. The minimum atomic E-state index is -1.20. The van der Waals surface area contributed by atoms with Crippen molar-refractivity contribution < 1.29 is 19.8 Å². The van der Waals surface area contributed by atoms with Crippen LogP contribution in [-0.2, 0) is 0 Å². The maximum atomic E-state index is 11.9. The summed E-state index contributed by atoms with van der Waals surface area (Å²) in [5.74, 6) is 0.622. The van der Waals surface area contributed by atoms with Crippen molar-refractivity contribution in [2.24, 2.45) is 0 Å². The molecule has 1 saturated heterocycles. The summed E-state index contributed by atoms with van der Waals surface area (Å²) in [5.41, 5.74) is 0.0226. The Labute approximate surface area is 120 Å². The second-order valence-corrected chi connectivity index (χ2v) is 5.70. The average molecular weight is 296 g/mol. The largest absolute Gasteiger partial charge is 0.508 e. The smallest absolute Gasteiger partial charge is 0.337 e. The number of carboxylic acids is 1. The third-order valence-corrected chi connectivity index (χ3v) is 4.19. The van der Waals surface area contributed by atoms with Crippen molar-refractivity contribution >= 4 is 29.4 Å². The highest BCUT2D eigenvalue weighted by Crippen LogP contribution is 2.22. The molecule has 0 aromatic heterocycles. The van der Waals surface area contributed by atoms with Crippen molar-refractivity contribution in [3.8, 4) is 5.75 Å². The maximum absolute atomic E-state index is 11.9. The number of rotatable bonds is 3. The molecule has 0 bridgehead atoms. The second-order valence-electron chi connectivity index (χ2n) is 4.55. The Morgan fingerprint density at radius 1 is 1.35 bits per heavy atom. The van der Waals surface area contributed by atoms with Crippen molar-refractivity contribution in [3.63, 3.8) is 0 Å². The van der Waals surface area contributed by atoms with Crippen molar-refractivity contribution in [2.75, 3.05) is 16.8 Å². The van der Waals surface area contributed by atoms with E-state index in [4.69, 9.17) is 5.11 Å². The van der Waals surface area contributed by atoms with Crippen LogP contribution in [0.3, 0.4) is 0 Å². The lowest BCUT2D eigenvalue weighted by molar-refractivity contribution is 0.0697. The molecule has 1 aromatic carbocycles. The van der Waals surface area contributed by atoms with Crippen molar-refractivity contribution in [1.29, 1.82) is 0 Å². The minimum absolute atomic E-state index is 0.110. The maximum Gasteiger partial charge on any atom is 0.337 e. The molecule has 2 amide bonds. The van der Waals surface area contributed by atoms with E-state index in [2.05, 4.69) is 10.6 Å². The number of hydrogen-bond acceptors (Lipinski definition) is 4. The van der Waals surface area contributed by atoms with Gasteiger partial charge in [-0.15, -0.1) is 0 Å². The number of phenolic OH excluding ortho intramolecular Hbond substituents is 1. The summed E-state index contributed by atoms with van der Waals surface area (Å²) >= 11 is 1.79. The standard InChI is InChI=1S/C13H16N2O4S/c16-9-3-4-11(10(6-9)12(17)18)15-13(19)14-8-2-1-5-20-7-8/h3-4,6,8,16H,1-2,5,7H2,(H,17,18)(H2,14,15,19). The van der Waals surface area contributed by atoms with Crippen molar-refractivity contribution in [2.45, 2.75) is 18.9 Å². The van der Waals surface area contributed by atoms with Crippen LogP contribution in [0.25, 0.3) is 0 Å². The van der Waals surface area contributed by atoms with Crippen LogP contribution in [0.2, 0.25) is 0 Å². The highest BCUT2D eigenvalue weighted by molar-refractivity contribution is 7.99. The van der Waals surface area contributed by atoms with Gasteiger partial charge in [0, 0.05) is 11.8 Å². The molecule has 6 nitrogen and oxygen atoms in total. The fourth-order valence-corrected chi connectivity index (χ4v) is 3.09. The zero-order valence-corrected chi connectivity index (χ0v) is 11.6. The number of hydrogen-bond donors (Lipinski definition) is 4. The van der Waals surface area contributed by atoms with Crippen LogP contribution in [0.1, 0.15) is 23.2 Å². The molecular weight excluding hydrogens is 280 g/mol. The van der Waals surface area contributed by atoms with Crippen LogP contribution in [0.5, 0.6) is 5.75 Å². The van der Waals surface area contributed by atoms with Gasteiger partial charge in [0.1, 0.15) is 5.75 Å². The second kappa shape index (κ2) is 6.51. The first kappa shape index (κ1) is 14.5. The number of urea groups is 1. The first-order chi connectivity index (χ1) is 9.56. The Balaban J connectivity index is 2.01. The molecule has 4 N–H and O–H groups in total. The summed E-state index contributed by atoms with van der Waals surface area (Å²) in [7, 11) is 0. The fourth-order valence-electron chi connectivity index (χ4n) is 2.02. The van der Waals surface area contributed by atoms with E-state index in [1.54, 1.807) is 11.8 Å². The molecule has 1 aromatic rings. The number of carbonyl (C=O) groups excluding carboxylic acids is 1. The molecule has 2 rings (SSSR count). The van der Waals surface area contributed by atoms with Crippen LogP contribution in [0.15, 0.2) is 18.2 Å². The number of carbonyl (C=O) groups is 2. The number of benzene rings is 1. The third-order valence-electron chi connectivity index (χ3n) is 2.98. The molecule has 1 fully saturated rings. The van der Waals surface area contributed by atoms with Gasteiger partial charge >= 0.3 is 12.0 Å². The zero-order valence-electron chi connectivity index (χ0n) is 10.8. The van der Waals surface area contributed by atoms with Gasteiger partial charge in [-0.25, -0.2) is 9.59 Å². The Hall–Kier alpha value is -1.89. The lowest BCUT2D eigenvalue weighted by atomic mass is 10.1. The molecule has 0 spiro atoms. The van der Waals surface area contributed by atoms with Crippen molar-refractivity contribution in [3.05, 3.63) is 23.8 Å². The number of thioether (sulfide) groups is 1. The SMILES string of the molecule is O=C(Nc1ccc(O)cc1C(=O)O)NC1CCCSC1. The lowest BCUT2D eigenvalue weighted by Gasteiger charge is -2.22. The molecule has 1 heterocycles. The van der Waals surface area contributed by atoms with Crippen LogP contribution < -0.4 is 10.6 Å². The number of phenols is 1. The number of amides is 2. The third kappa shape index (κ3) is 3.80. The number of anilines is 1. The minimum Gasteiger partial charge on any atom is -0.508 e. The van der Waals surface area contributed by atoms with Crippen LogP contribution >= 0.6 is 11.8 Å². The molecule has 1 unspecified atom stereocenters. The van der Waals surface area contributed by atoms with E-state index in [0.717, 1.165) is 30.4 Å². The Bertz CT molecular complexity index is 515. The molecule has 0 saturated carbocycles. The summed E-state index contributed by atoms with van der Waals surface area (Å²) < 4.78 is 0. The van der Waals surface area contributed by atoms with Gasteiger partial charge in [-0.1, -0.05) is 0 Å². The lowest BCUT2D eigenvalue weighted by Crippen LogP contribution is -2.41. The molecule has 1 aliphatic rings. The number of aromatic carboxylic acids is 1. The average Bonchev–Trinajstić information content (AvgIpc) is 2.41. The van der Waals surface area contributed by atoms with Gasteiger partial charge in [0.05, 0.1) is 11.3 Å². The molecule has 1 atom stereocenters. The van der Waals surface area contributed by atoms with E-state index in [1.165, 1.54) is 12.1 Å². The summed E-state index contributed by atoms with van der Waals surface area (Å²) in [6.45, 7) is 0. The van der Waals surface area contributed by atoms with E-state index in [-0.39, 0.29) is 23.0 Å². The van der Waals surface area contributed by atoms with Crippen LogP contribution in [0.4, 0.5) is 10.5 Å². The number of aromatic hydroxyl groups is 1. The topological polar surface area (TPSA) is 98.7 Å². The number of carboxylic acid groups (broad SMARTS) is 1. The molecule has 1 aliphatic heterocycles. The molecule has 108 valence electrons. The first-order valence-corrected chi connectivity index (χ1v) is 7.43. The van der Waals surface area contributed by atoms with Gasteiger partial charge in [-0.2, -0.15) is 11.8 Å². The predicted octanol–water partition coefficient (Wildman–Crippen LogP) is 2.11. The highest BCUT2D eigenvalue weighted by Gasteiger charge is 2.18. The van der Waals surface area contributed by atoms with E-state index >= 15 is 0 Å². The van der Waals surface area contributed by atoms with Gasteiger partial charge in [0.2, 0.25) is 0 Å². The van der Waals surface area contributed by atoms with Gasteiger partial charge in [0.25, 0.3) is 0 Å². The van der Waals surface area contributed by atoms with E-state index in [9.17, 15) is 14.7 Å². The Kier molecular flexibility index (Phi) is 4.73. The summed E-state index contributed by atoms with van der Waals surface area (Å²) in [6, 6.07) is 3.49. The van der Waals surface area contributed by atoms with Crippen LogP contribution in [0, 0.1) is 0 Å². The molecule has 20 heavy (non-hydrogen) atoms. The molecular formula is C13H16N2O4S. The first-order valence-electron chi connectivity index (χ1n) is 6.28. The normalized spacial score (nSPS) is 18.3. The Morgan fingerprint density at radius 2 is 2.15 bits per heavy atom. The van der Waals surface area contributed by atoms with Gasteiger partial charge in [-0.05, 0) is 36.8 Å². The zero-order chi connectivity index (χ0) is 14.5. The van der Waals surface area contributed by atoms with Gasteiger partial charge in [-0.3, -0.25) is 0 Å². The molecule has 0 radical (unpaired) electrons. The monoisotopic (exact) mass is 296 g/mol. The van der Waals surface area contributed by atoms with E-state index in [0.29, 0.717) is 0 Å². The molecule has 0 aliphatic carbocycles. The van der Waals surface area contributed by atoms with Gasteiger partial charge < -0.3 is 20.8 Å². The summed E-state index contributed by atoms with van der Waals surface area (Å²) in [4.78, 5) is 22.9. The van der Waals surface area contributed by atoms with E-state index < -0.39 is 12.0 Å². The summed E-state index contributed by atoms with van der Waals surface area (Å²) in [5, 5.41) is 23.7. The predicted molar refractivity (Wildman–Crippen MR) is 77.6 cm³/mol. The van der Waals surface area contributed by atoms with Crippen molar-refractivity contribution in [1.82, 2.24) is 5.32 Å². The fraction of sp³-hybridized carbons (Fsp3) is 0.385. The highest BCUT2D eigenvalue weighted by atomic mass is 32.2. The Morgan fingerprint density at radius 3 is 2.80 bits per heavy atom. The van der Waals surface area contributed by atoms with E-state index in [1.807, 2.05) is 0 Å². The van der Waals surface area contributed by atoms with Crippen LogP contribution in [-0.4, -0.2) is 39.8 Å². The molecule has 7 heteroatoms. The quantitative estimate of drug-likeness (QED) is 0.640. The van der Waals surface area contributed by atoms with Gasteiger partial charge in [0.15, 0.2) is 0 Å².